The molecule has 0 spiro atoms. The molecular formula is C26H38N6O8. The van der Waals surface area contributed by atoms with Crippen LogP contribution in [0.4, 0.5) is 5.82 Å². The average Bonchev–Trinajstić information content (AvgIpc) is 3.32. The van der Waals surface area contributed by atoms with Gasteiger partial charge in [0.15, 0.2) is 24.1 Å². The highest BCUT2D eigenvalue weighted by Gasteiger charge is 2.41. The first-order valence-corrected chi connectivity index (χ1v) is 12.9. The van der Waals surface area contributed by atoms with Crippen LogP contribution in [0.5, 0.6) is 0 Å². The predicted molar refractivity (Wildman–Crippen MR) is 141 cm³/mol. The van der Waals surface area contributed by atoms with E-state index >= 15 is 0 Å². The summed E-state index contributed by atoms with van der Waals surface area (Å²) in [6, 6.07) is 2.55. The number of carbonyl (C=O) groups excluding carboxylic acids is 3. The topological polar surface area (TPSA) is 189 Å². The van der Waals surface area contributed by atoms with Crippen LogP contribution >= 0.6 is 0 Å². The van der Waals surface area contributed by atoms with Gasteiger partial charge in [0.25, 0.3) is 6.26 Å². The van der Waals surface area contributed by atoms with Crippen molar-refractivity contribution in [2.24, 2.45) is 11.8 Å². The fourth-order valence-electron chi connectivity index (χ4n) is 3.39. The number of rotatable bonds is 15. The molecule has 2 aromatic heterocycles. The van der Waals surface area contributed by atoms with Crippen molar-refractivity contribution in [3.63, 3.8) is 0 Å². The van der Waals surface area contributed by atoms with Gasteiger partial charge in [0.1, 0.15) is 17.9 Å². The van der Waals surface area contributed by atoms with Crippen molar-refractivity contribution in [3.05, 3.63) is 24.2 Å². The number of hydrogen-bond donors (Lipinski definition) is 2. The summed E-state index contributed by atoms with van der Waals surface area (Å²) in [5.41, 5.74) is 6.71. The lowest BCUT2D eigenvalue weighted by atomic mass is 10.0. The number of anilines is 1. The fourth-order valence-corrected chi connectivity index (χ4v) is 3.39. The Morgan fingerprint density at radius 1 is 1.00 bits per heavy atom. The third-order valence-corrected chi connectivity index (χ3v) is 5.59. The summed E-state index contributed by atoms with van der Waals surface area (Å²) >= 11 is 0. The SMILES string of the molecule is CC(C)OC(=O)[C@H](C)NCOC[C@@H](OC#N)[C@@H](OC(=O)C(C)C)[C@@H](OC(=O)C(C)C)c1ccc2c(N)ncnn12. The molecule has 0 aliphatic heterocycles. The van der Waals surface area contributed by atoms with Crippen molar-refractivity contribution in [1.29, 1.82) is 5.26 Å². The van der Waals surface area contributed by atoms with Crippen molar-refractivity contribution in [1.82, 2.24) is 19.9 Å². The number of nitrogens with zero attached hydrogens (tertiary/aromatic N) is 4. The van der Waals surface area contributed by atoms with Crippen molar-refractivity contribution in [2.45, 2.75) is 78.9 Å². The maximum atomic E-state index is 12.8. The van der Waals surface area contributed by atoms with Gasteiger partial charge < -0.3 is 29.4 Å². The lowest BCUT2D eigenvalue weighted by molar-refractivity contribution is -0.186. The maximum Gasteiger partial charge on any atom is 0.323 e. The third kappa shape index (κ3) is 8.78. The van der Waals surface area contributed by atoms with E-state index in [1.807, 2.05) is 0 Å². The number of esters is 3. The highest BCUT2D eigenvalue weighted by Crippen LogP contribution is 2.31. The Morgan fingerprint density at radius 3 is 2.25 bits per heavy atom. The Morgan fingerprint density at radius 2 is 1.65 bits per heavy atom. The molecule has 40 heavy (non-hydrogen) atoms. The van der Waals surface area contributed by atoms with Crippen LogP contribution in [-0.2, 0) is 38.1 Å². The zero-order chi connectivity index (χ0) is 30.0. The molecule has 0 amide bonds. The molecule has 2 heterocycles. The van der Waals surface area contributed by atoms with Crippen LogP contribution in [0.1, 0.15) is 60.3 Å². The summed E-state index contributed by atoms with van der Waals surface area (Å²) in [6.45, 7) is 11.2. The second-order valence-corrected chi connectivity index (χ2v) is 9.94. The molecule has 0 aliphatic carbocycles. The van der Waals surface area contributed by atoms with Gasteiger partial charge in [-0.25, -0.2) is 9.50 Å². The van der Waals surface area contributed by atoms with Gasteiger partial charge in [0.05, 0.1) is 37.0 Å². The molecule has 3 N–H and O–H groups in total. The van der Waals surface area contributed by atoms with Crippen LogP contribution < -0.4 is 11.1 Å². The lowest BCUT2D eigenvalue weighted by Crippen LogP contribution is -2.44. The van der Waals surface area contributed by atoms with E-state index in [-0.39, 0.29) is 25.3 Å². The maximum absolute atomic E-state index is 12.8. The minimum atomic E-state index is -1.34. The molecule has 0 fully saturated rings. The summed E-state index contributed by atoms with van der Waals surface area (Å²) in [6.07, 6.45) is -1.28. The number of nitriles is 1. The molecule has 0 radical (unpaired) electrons. The first-order valence-electron chi connectivity index (χ1n) is 12.9. The molecule has 0 aliphatic rings. The summed E-state index contributed by atoms with van der Waals surface area (Å²) in [5, 5.41) is 16.5. The van der Waals surface area contributed by atoms with Crippen LogP contribution in [0.2, 0.25) is 0 Å². The monoisotopic (exact) mass is 562 g/mol. The van der Waals surface area contributed by atoms with Crippen LogP contribution in [-0.4, -0.2) is 70.2 Å². The molecule has 14 nitrogen and oxygen atoms in total. The predicted octanol–water partition coefficient (Wildman–Crippen LogP) is 1.89. The minimum absolute atomic E-state index is 0.126. The van der Waals surface area contributed by atoms with Crippen molar-refractivity contribution in [2.75, 3.05) is 19.1 Å². The summed E-state index contributed by atoms with van der Waals surface area (Å²) in [7, 11) is 0. The van der Waals surface area contributed by atoms with Gasteiger partial charge in [-0.2, -0.15) is 10.4 Å². The molecule has 0 saturated heterocycles. The van der Waals surface area contributed by atoms with Crippen LogP contribution in [0.15, 0.2) is 18.5 Å². The molecule has 0 bridgehead atoms. The van der Waals surface area contributed by atoms with E-state index in [0.717, 1.165) is 0 Å². The Kier molecular flexibility index (Phi) is 12.1. The second-order valence-electron chi connectivity index (χ2n) is 9.94. The summed E-state index contributed by atoms with van der Waals surface area (Å²) in [4.78, 5) is 41.6. The van der Waals surface area contributed by atoms with E-state index in [0.29, 0.717) is 11.2 Å². The number of nitrogens with one attached hydrogen (secondary N) is 1. The quantitative estimate of drug-likeness (QED) is 0.105. The molecule has 4 atom stereocenters. The molecule has 14 heteroatoms. The van der Waals surface area contributed by atoms with E-state index in [1.54, 1.807) is 66.9 Å². The Labute approximate surface area is 233 Å². The first kappa shape index (κ1) is 32.3. The van der Waals surface area contributed by atoms with Gasteiger partial charge in [-0.1, -0.05) is 27.7 Å². The van der Waals surface area contributed by atoms with Crippen molar-refractivity contribution in [3.8, 4) is 6.26 Å². The Balaban J connectivity index is 2.42. The summed E-state index contributed by atoms with van der Waals surface area (Å²) in [5.74, 6) is -2.59. The van der Waals surface area contributed by atoms with Gasteiger partial charge >= 0.3 is 17.9 Å². The third-order valence-electron chi connectivity index (χ3n) is 5.59. The Hall–Kier alpha value is -3.96. The zero-order valence-electron chi connectivity index (χ0n) is 23.8. The van der Waals surface area contributed by atoms with Gasteiger partial charge in [0, 0.05) is 0 Å². The standard InChI is InChI=1S/C26H38N6O8/c1-14(2)24(33)39-21(18-8-9-19-23(28)29-12-31-32(18)19)22(40-25(34)15(3)4)20(37-11-27)10-36-13-30-17(7)26(35)38-16(5)6/h8-9,12,14-17,20-22,30H,10,13H2,1-7H3,(H2,28,29,31)/t17-,20+,21-,22+/m0/s1. The van der Waals surface area contributed by atoms with Crippen molar-refractivity contribution >= 4 is 29.2 Å². The van der Waals surface area contributed by atoms with Crippen LogP contribution in [0.25, 0.3) is 5.52 Å². The van der Waals surface area contributed by atoms with E-state index in [4.69, 9.17) is 29.4 Å². The number of nitrogens with two attached hydrogens (primary N) is 1. The fraction of sp³-hybridized carbons (Fsp3) is 0.615. The smallest absolute Gasteiger partial charge is 0.323 e. The second kappa shape index (κ2) is 15.0. The number of ether oxygens (including phenoxy) is 5. The zero-order valence-corrected chi connectivity index (χ0v) is 23.8. The van der Waals surface area contributed by atoms with E-state index < -0.39 is 54.1 Å². The van der Waals surface area contributed by atoms with Gasteiger partial charge in [-0.3, -0.25) is 19.7 Å². The minimum Gasteiger partial charge on any atom is -0.462 e. The molecule has 0 aromatic carbocycles. The molecule has 0 unspecified atom stereocenters. The number of carbonyl (C=O) groups is 3. The van der Waals surface area contributed by atoms with Crippen molar-refractivity contribution < 1.29 is 38.1 Å². The van der Waals surface area contributed by atoms with Crippen LogP contribution in [0, 0.1) is 23.4 Å². The first-order chi connectivity index (χ1) is 18.9. The number of aromatic nitrogens is 3. The van der Waals surface area contributed by atoms with Gasteiger partial charge in [0.2, 0.25) is 0 Å². The lowest BCUT2D eigenvalue weighted by Gasteiger charge is -2.32. The van der Waals surface area contributed by atoms with Crippen LogP contribution in [0.3, 0.4) is 0 Å². The van der Waals surface area contributed by atoms with Gasteiger partial charge in [-0.05, 0) is 32.9 Å². The number of fused-ring (bicyclic) bond motifs is 1. The van der Waals surface area contributed by atoms with E-state index in [2.05, 4.69) is 15.4 Å². The highest BCUT2D eigenvalue weighted by molar-refractivity contribution is 5.75. The molecular weight excluding hydrogens is 524 g/mol. The normalized spacial score (nSPS) is 14.4. The molecule has 220 valence electrons. The number of nitrogen functional groups attached to an aromatic ring is 1. The van der Waals surface area contributed by atoms with Gasteiger partial charge in [-0.15, -0.1) is 0 Å². The van der Waals surface area contributed by atoms with E-state index in [9.17, 15) is 19.6 Å². The molecule has 2 aromatic rings. The highest BCUT2D eigenvalue weighted by atomic mass is 16.6. The van der Waals surface area contributed by atoms with E-state index in [1.165, 1.54) is 10.8 Å². The molecule has 2 rings (SSSR count). The Bertz CT molecular complexity index is 1190. The molecule has 0 saturated carbocycles. The average molecular weight is 563 g/mol. The number of hydrogen-bond acceptors (Lipinski definition) is 13. The summed E-state index contributed by atoms with van der Waals surface area (Å²) < 4.78 is 29.1. The largest absolute Gasteiger partial charge is 0.462 e.